The van der Waals surface area contributed by atoms with Crippen molar-refractivity contribution in [2.24, 2.45) is 0 Å². The Kier molecular flexibility index (Phi) is 4.39. The summed E-state index contributed by atoms with van der Waals surface area (Å²) in [7, 11) is 0. The normalized spacial score (nSPS) is 10.8. The van der Waals surface area contributed by atoms with Crippen molar-refractivity contribution in [3.63, 3.8) is 0 Å². The van der Waals surface area contributed by atoms with Crippen LogP contribution in [0.3, 0.4) is 0 Å². The molecule has 0 N–H and O–H groups in total. The van der Waals surface area contributed by atoms with Crippen LogP contribution in [-0.4, -0.2) is 27.0 Å². The first-order valence-electron chi connectivity index (χ1n) is 6.33. The van der Waals surface area contributed by atoms with Crippen LogP contribution >= 0.6 is 11.6 Å². The van der Waals surface area contributed by atoms with Gasteiger partial charge in [-0.25, -0.2) is 0 Å². The third kappa shape index (κ3) is 3.36. The van der Waals surface area contributed by atoms with Crippen LogP contribution in [0.2, 0.25) is 5.02 Å². The molecule has 0 atom stereocenters. The first-order chi connectivity index (χ1) is 9.47. The summed E-state index contributed by atoms with van der Waals surface area (Å²) in [4.78, 5) is 17.5. The van der Waals surface area contributed by atoms with Crippen molar-refractivity contribution < 1.29 is 9.32 Å². The zero-order valence-electron chi connectivity index (χ0n) is 11.6. The molecule has 0 bridgehead atoms. The molecule has 2 rings (SSSR count). The van der Waals surface area contributed by atoms with Gasteiger partial charge in [0.1, 0.15) is 6.54 Å². The second kappa shape index (κ2) is 6.05. The number of benzene rings is 1. The van der Waals surface area contributed by atoms with Gasteiger partial charge in [-0.05, 0) is 38.1 Å². The molecule has 1 amide bonds. The number of hydrogen-bond donors (Lipinski definition) is 0. The van der Waals surface area contributed by atoms with E-state index >= 15 is 0 Å². The molecular formula is C14H16ClN3O2. The predicted molar refractivity (Wildman–Crippen MR) is 76.1 cm³/mol. The summed E-state index contributed by atoms with van der Waals surface area (Å²) in [6.07, 6.45) is 0. The van der Waals surface area contributed by atoms with E-state index in [4.69, 9.17) is 16.1 Å². The average Bonchev–Trinajstić information content (AvgIpc) is 2.84. The maximum absolute atomic E-state index is 11.5. The number of aromatic nitrogens is 2. The van der Waals surface area contributed by atoms with Gasteiger partial charge in [-0.3, -0.25) is 4.79 Å². The Balaban J connectivity index is 2.16. The quantitative estimate of drug-likeness (QED) is 0.869. The predicted octanol–water partition coefficient (Wildman–Crippen LogP) is 3.15. The van der Waals surface area contributed by atoms with Crippen molar-refractivity contribution in [2.45, 2.75) is 33.4 Å². The van der Waals surface area contributed by atoms with E-state index in [-0.39, 0.29) is 11.9 Å². The topological polar surface area (TPSA) is 59.2 Å². The van der Waals surface area contributed by atoms with Gasteiger partial charge in [0.25, 0.3) is 0 Å². The molecule has 0 radical (unpaired) electrons. The third-order valence-electron chi connectivity index (χ3n) is 2.90. The highest BCUT2D eigenvalue weighted by Crippen LogP contribution is 2.19. The standard InChI is InChI=1S/C14H16ClN3O2/c1-9(2)18(10(3)19)8-13-16-14(17-20-13)11-4-6-12(15)7-5-11/h4-7,9H,8H2,1-3H3. The van der Waals surface area contributed by atoms with Gasteiger partial charge in [-0.15, -0.1) is 0 Å². The average molecular weight is 294 g/mol. The smallest absolute Gasteiger partial charge is 0.246 e. The van der Waals surface area contributed by atoms with Crippen LogP contribution in [0.5, 0.6) is 0 Å². The van der Waals surface area contributed by atoms with E-state index in [1.54, 1.807) is 17.0 Å². The van der Waals surface area contributed by atoms with Crippen LogP contribution in [0.15, 0.2) is 28.8 Å². The lowest BCUT2D eigenvalue weighted by Gasteiger charge is -2.23. The highest BCUT2D eigenvalue weighted by molar-refractivity contribution is 6.30. The molecule has 1 aromatic carbocycles. The number of carbonyl (C=O) groups is 1. The van der Waals surface area contributed by atoms with Gasteiger partial charge in [-0.1, -0.05) is 16.8 Å². The molecule has 0 spiro atoms. The van der Waals surface area contributed by atoms with Crippen LogP contribution in [-0.2, 0) is 11.3 Å². The van der Waals surface area contributed by atoms with Crippen molar-refractivity contribution >= 4 is 17.5 Å². The molecule has 0 aliphatic heterocycles. The molecule has 5 nitrogen and oxygen atoms in total. The summed E-state index contributed by atoms with van der Waals surface area (Å²) in [5.41, 5.74) is 0.823. The minimum Gasteiger partial charge on any atom is -0.337 e. The first kappa shape index (κ1) is 14.5. The fourth-order valence-corrected chi connectivity index (χ4v) is 1.96. The molecule has 0 saturated heterocycles. The van der Waals surface area contributed by atoms with E-state index in [1.807, 2.05) is 26.0 Å². The second-order valence-corrected chi connectivity index (χ2v) is 5.20. The molecule has 20 heavy (non-hydrogen) atoms. The number of nitrogens with zero attached hydrogens (tertiary/aromatic N) is 3. The SMILES string of the molecule is CC(=O)N(Cc1nc(-c2ccc(Cl)cc2)no1)C(C)C. The van der Waals surface area contributed by atoms with Crippen LogP contribution in [0.25, 0.3) is 11.4 Å². The molecule has 1 heterocycles. The molecule has 6 heteroatoms. The summed E-state index contributed by atoms with van der Waals surface area (Å²) in [6, 6.07) is 7.26. The number of rotatable bonds is 4. The van der Waals surface area contributed by atoms with E-state index < -0.39 is 0 Å². The van der Waals surface area contributed by atoms with Crippen molar-refractivity contribution in [3.05, 3.63) is 35.2 Å². The number of carbonyl (C=O) groups excluding carboxylic acids is 1. The Labute approximate surface area is 122 Å². The Morgan fingerprint density at radius 3 is 2.55 bits per heavy atom. The van der Waals surface area contributed by atoms with Gasteiger partial charge in [0.2, 0.25) is 17.6 Å². The van der Waals surface area contributed by atoms with Gasteiger partial charge in [0, 0.05) is 23.6 Å². The molecule has 1 aromatic heterocycles. The summed E-state index contributed by atoms with van der Waals surface area (Å²) in [5, 5.41) is 4.57. The third-order valence-corrected chi connectivity index (χ3v) is 3.16. The highest BCUT2D eigenvalue weighted by atomic mass is 35.5. The van der Waals surface area contributed by atoms with E-state index in [9.17, 15) is 4.79 Å². The fourth-order valence-electron chi connectivity index (χ4n) is 1.84. The molecule has 106 valence electrons. The maximum atomic E-state index is 11.5. The van der Waals surface area contributed by atoms with Crippen LogP contribution in [0.4, 0.5) is 0 Å². The van der Waals surface area contributed by atoms with Gasteiger partial charge in [-0.2, -0.15) is 4.98 Å². The van der Waals surface area contributed by atoms with Gasteiger partial charge < -0.3 is 9.42 Å². The highest BCUT2D eigenvalue weighted by Gasteiger charge is 2.17. The van der Waals surface area contributed by atoms with Crippen molar-refractivity contribution in [1.29, 1.82) is 0 Å². The monoisotopic (exact) mass is 293 g/mol. The Morgan fingerprint density at radius 1 is 1.35 bits per heavy atom. The Hall–Kier alpha value is -1.88. The zero-order chi connectivity index (χ0) is 14.7. The lowest BCUT2D eigenvalue weighted by atomic mass is 10.2. The van der Waals surface area contributed by atoms with Gasteiger partial charge in [0.05, 0.1) is 0 Å². The maximum Gasteiger partial charge on any atom is 0.246 e. The Morgan fingerprint density at radius 2 is 2.00 bits per heavy atom. The molecule has 2 aromatic rings. The molecule has 0 aliphatic rings. The van der Waals surface area contributed by atoms with E-state index in [0.29, 0.717) is 23.3 Å². The molecule has 0 fully saturated rings. The van der Waals surface area contributed by atoms with Crippen molar-refractivity contribution in [2.75, 3.05) is 0 Å². The van der Waals surface area contributed by atoms with E-state index in [2.05, 4.69) is 10.1 Å². The van der Waals surface area contributed by atoms with Crippen molar-refractivity contribution in [3.8, 4) is 11.4 Å². The fraction of sp³-hybridized carbons (Fsp3) is 0.357. The molecule has 0 saturated carbocycles. The van der Waals surface area contributed by atoms with Crippen LogP contribution < -0.4 is 0 Å². The minimum absolute atomic E-state index is 0.0220. The lowest BCUT2D eigenvalue weighted by Crippen LogP contribution is -2.34. The number of halogens is 1. The van der Waals surface area contributed by atoms with Crippen molar-refractivity contribution in [1.82, 2.24) is 15.0 Å². The molecule has 0 unspecified atom stereocenters. The summed E-state index contributed by atoms with van der Waals surface area (Å²) < 4.78 is 5.19. The summed E-state index contributed by atoms with van der Waals surface area (Å²) in [5.74, 6) is 0.883. The van der Waals surface area contributed by atoms with Gasteiger partial charge >= 0.3 is 0 Å². The molecular weight excluding hydrogens is 278 g/mol. The first-order valence-corrected chi connectivity index (χ1v) is 6.71. The summed E-state index contributed by atoms with van der Waals surface area (Å²) in [6.45, 7) is 5.72. The van der Waals surface area contributed by atoms with Crippen LogP contribution in [0.1, 0.15) is 26.7 Å². The Bertz CT molecular complexity index is 593. The van der Waals surface area contributed by atoms with E-state index in [1.165, 1.54) is 6.92 Å². The lowest BCUT2D eigenvalue weighted by molar-refractivity contribution is -0.131. The second-order valence-electron chi connectivity index (χ2n) is 4.76. The number of amides is 1. The zero-order valence-corrected chi connectivity index (χ0v) is 12.4. The molecule has 0 aliphatic carbocycles. The largest absolute Gasteiger partial charge is 0.337 e. The van der Waals surface area contributed by atoms with Crippen LogP contribution in [0, 0.1) is 0 Å². The van der Waals surface area contributed by atoms with E-state index in [0.717, 1.165) is 5.56 Å². The minimum atomic E-state index is -0.0220. The number of hydrogen-bond acceptors (Lipinski definition) is 4. The summed E-state index contributed by atoms with van der Waals surface area (Å²) >= 11 is 5.83. The van der Waals surface area contributed by atoms with Gasteiger partial charge in [0.15, 0.2) is 0 Å².